The Hall–Kier alpha value is -2.59. The van der Waals surface area contributed by atoms with Crippen molar-refractivity contribution in [3.8, 4) is 0 Å². The number of carbonyl (C=O) groups is 1. The van der Waals surface area contributed by atoms with Crippen LogP contribution in [0.1, 0.15) is 12.8 Å². The zero-order chi connectivity index (χ0) is 19.4. The smallest absolute Gasteiger partial charge is 0.272 e. The van der Waals surface area contributed by atoms with Gasteiger partial charge in [-0.2, -0.15) is 4.31 Å². The van der Waals surface area contributed by atoms with E-state index in [1.54, 1.807) is 0 Å². The van der Waals surface area contributed by atoms with Crippen molar-refractivity contribution in [1.82, 2.24) is 4.31 Å². The van der Waals surface area contributed by atoms with Gasteiger partial charge in [0.2, 0.25) is 10.0 Å². The number of carbonyl (C=O) groups excluding carboxylic acids is 1. The van der Waals surface area contributed by atoms with Gasteiger partial charge in [-0.25, -0.2) is 22.2 Å². The fraction of sp³-hybridized carbons (Fsp3) is 0.294. The summed E-state index contributed by atoms with van der Waals surface area (Å²) in [6.07, 6.45) is 3.08. The molecule has 1 amide bonds. The second-order valence-electron chi connectivity index (χ2n) is 6.08. The van der Waals surface area contributed by atoms with Gasteiger partial charge in [0, 0.05) is 30.9 Å². The molecular formula is C17H19F2N4O3S+. The number of pyridine rings is 1. The highest BCUT2D eigenvalue weighted by atomic mass is 32.2. The van der Waals surface area contributed by atoms with E-state index in [0.717, 1.165) is 25.0 Å². The lowest BCUT2D eigenvalue weighted by atomic mass is 10.3. The Balaban J connectivity index is 1.56. The number of hydrogen-bond acceptors (Lipinski definition) is 4. The molecule has 0 saturated carbocycles. The maximum absolute atomic E-state index is 13.1. The molecule has 7 nitrogen and oxygen atoms in total. The van der Waals surface area contributed by atoms with Crippen molar-refractivity contribution in [3.05, 3.63) is 48.2 Å². The van der Waals surface area contributed by atoms with Gasteiger partial charge in [-0.3, -0.25) is 10.1 Å². The molecular weight excluding hydrogens is 378 g/mol. The minimum atomic E-state index is -3.51. The van der Waals surface area contributed by atoms with E-state index in [9.17, 15) is 22.0 Å². The summed E-state index contributed by atoms with van der Waals surface area (Å²) in [6, 6.07) is 6.04. The summed E-state index contributed by atoms with van der Waals surface area (Å²) in [4.78, 5) is 14.8. The lowest BCUT2D eigenvalue weighted by Crippen LogP contribution is -2.29. The number of H-pyrrole nitrogens is 1. The van der Waals surface area contributed by atoms with E-state index in [0.29, 0.717) is 18.9 Å². The maximum Gasteiger partial charge on any atom is 0.272 e. The van der Waals surface area contributed by atoms with Gasteiger partial charge in [-0.05, 0) is 31.0 Å². The Labute approximate surface area is 155 Å². The van der Waals surface area contributed by atoms with E-state index in [4.69, 9.17) is 0 Å². The first-order valence-electron chi connectivity index (χ1n) is 8.37. The highest BCUT2D eigenvalue weighted by molar-refractivity contribution is 7.89. The Kier molecular flexibility index (Phi) is 5.66. The fourth-order valence-electron chi connectivity index (χ4n) is 2.71. The van der Waals surface area contributed by atoms with Gasteiger partial charge in [-0.1, -0.05) is 0 Å². The monoisotopic (exact) mass is 397 g/mol. The van der Waals surface area contributed by atoms with Crippen molar-refractivity contribution in [2.75, 3.05) is 30.3 Å². The Bertz CT molecular complexity index is 930. The molecule has 3 rings (SSSR count). The third-order valence-corrected chi connectivity index (χ3v) is 6.02. The topological polar surface area (TPSA) is 92.7 Å². The number of hydrogen-bond donors (Lipinski definition) is 2. The van der Waals surface area contributed by atoms with E-state index in [-0.39, 0.29) is 17.1 Å². The van der Waals surface area contributed by atoms with Crippen LogP contribution in [0.5, 0.6) is 0 Å². The van der Waals surface area contributed by atoms with Crippen LogP contribution in [0.3, 0.4) is 0 Å². The zero-order valence-electron chi connectivity index (χ0n) is 14.3. The molecule has 1 aromatic heterocycles. The summed E-state index contributed by atoms with van der Waals surface area (Å²) in [7, 11) is -3.51. The molecule has 0 spiro atoms. The summed E-state index contributed by atoms with van der Waals surface area (Å²) in [5.41, 5.74) is 0.136. The number of rotatable bonds is 6. The van der Waals surface area contributed by atoms with Crippen LogP contribution in [0.25, 0.3) is 0 Å². The molecule has 2 heterocycles. The third-order valence-electron chi connectivity index (χ3n) is 4.13. The van der Waals surface area contributed by atoms with Crippen molar-refractivity contribution in [2.24, 2.45) is 0 Å². The zero-order valence-corrected chi connectivity index (χ0v) is 15.2. The molecule has 27 heavy (non-hydrogen) atoms. The van der Waals surface area contributed by atoms with Gasteiger partial charge in [0.1, 0.15) is 11.1 Å². The maximum atomic E-state index is 13.1. The van der Waals surface area contributed by atoms with E-state index in [2.05, 4.69) is 15.6 Å². The van der Waals surface area contributed by atoms with Crippen molar-refractivity contribution in [2.45, 2.75) is 17.7 Å². The van der Waals surface area contributed by atoms with Crippen LogP contribution in [0, 0.1) is 11.6 Å². The molecule has 0 aliphatic carbocycles. The van der Waals surface area contributed by atoms with Gasteiger partial charge >= 0.3 is 0 Å². The number of sulfonamides is 1. The van der Waals surface area contributed by atoms with Gasteiger partial charge in [0.05, 0.1) is 0 Å². The van der Waals surface area contributed by atoms with Crippen molar-refractivity contribution < 1.29 is 27.0 Å². The van der Waals surface area contributed by atoms with Crippen LogP contribution in [-0.2, 0) is 14.8 Å². The molecule has 2 aromatic rings. The predicted molar refractivity (Wildman–Crippen MR) is 94.5 cm³/mol. The quantitative estimate of drug-likeness (QED) is 0.775. The van der Waals surface area contributed by atoms with Gasteiger partial charge < -0.3 is 5.32 Å². The number of aromatic amines is 1. The van der Waals surface area contributed by atoms with Crippen molar-refractivity contribution >= 4 is 27.4 Å². The van der Waals surface area contributed by atoms with Crippen molar-refractivity contribution in [1.29, 1.82) is 0 Å². The number of benzene rings is 1. The van der Waals surface area contributed by atoms with Gasteiger partial charge in [0.25, 0.3) is 11.7 Å². The molecule has 1 fully saturated rings. The molecule has 3 N–H and O–H groups in total. The van der Waals surface area contributed by atoms with Gasteiger partial charge in [-0.15, -0.1) is 0 Å². The minimum absolute atomic E-state index is 0.136. The average molecular weight is 397 g/mol. The SMILES string of the molecule is O=C(CNc1ccc(S(=O)(=O)N2CCCC2)c[nH+]1)Nc1ccc(F)c(F)c1. The van der Waals surface area contributed by atoms with Crippen LogP contribution in [0.15, 0.2) is 41.4 Å². The van der Waals surface area contributed by atoms with Crippen LogP contribution in [0.4, 0.5) is 20.3 Å². The summed E-state index contributed by atoms with van der Waals surface area (Å²) in [5.74, 6) is -2.08. The van der Waals surface area contributed by atoms with Crippen LogP contribution in [-0.4, -0.2) is 38.3 Å². The molecule has 1 saturated heterocycles. The number of nitrogens with one attached hydrogen (secondary N) is 3. The summed E-state index contributed by atoms with van der Waals surface area (Å²) >= 11 is 0. The van der Waals surface area contributed by atoms with Gasteiger partial charge in [0.15, 0.2) is 18.2 Å². The molecule has 144 valence electrons. The highest BCUT2D eigenvalue weighted by Gasteiger charge is 2.28. The van der Waals surface area contributed by atoms with E-state index < -0.39 is 27.6 Å². The molecule has 0 bridgehead atoms. The van der Waals surface area contributed by atoms with Crippen LogP contribution >= 0.6 is 0 Å². The minimum Gasteiger partial charge on any atom is -0.323 e. The highest BCUT2D eigenvalue weighted by Crippen LogP contribution is 2.20. The first kappa shape index (κ1) is 19.2. The second kappa shape index (κ2) is 7.97. The first-order valence-corrected chi connectivity index (χ1v) is 9.81. The Morgan fingerprint density at radius 1 is 1.11 bits per heavy atom. The van der Waals surface area contributed by atoms with E-state index >= 15 is 0 Å². The molecule has 1 aliphatic rings. The Morgan fingerprint density at radius 3 is 2.48 bits per heavy atom. The molecule has 0 radical (unpaired) electrons. The molecule has 1 aromatic carbocycles. The lowest BCUT2D eigenvalue weighted by Gasteiger charge is -2.14. The normalized spacial score (nSPS) is 14.9. The van der Waals surface area contributed by atoms with Crippen LogP contribution < -0.4 is 15.6 Å². The van der Waals surface area contributed by atoms with Crippen LogP contribution in [0.2, 0.25) is 0 Å². The summed E-state index contributed by atoms with van der Waals surface area (Å²) in [5, 5.41) is 5.22. The molecule has 0 atom stereocenters. The summed E-state index contributed by atoms with van der Waals surface area (Å²) in [6.45, 7) is 0.896. The summed E-state index contributed by atoms with van der Waals surface area (Å²) < 4.78 is 52.3. The predicted octanol–water partition coefficient (Wildman–Crippen LogP) is 1.61. The number of halogens is 2. The van der Waals surface area contributed by atoms with E-state index in [1.165, 1.54) is 28.7 Å². The second-order valence-corrected chi connectivity index (χ2v) is 8.02. The number of aromatic nitrogens is 1. The Morgan fingerprint density at radius 2 is 1.85 bits per heavy atom. The number of amides is 1. The van der Waals surface area contributed by atoms with Crippen molar-refractivity contribution in [3.63, 3.8) is 0 Å². The molecule has 0 unspecified atom stereocenters. The first-order chi connectivity index (χ1) is 12.9. The standard InChI is InChI=1S/C17H18F2N4O3S/c18-14-5-3-12(9-15(14)19)22-17(24)11-21-16-6-4-13(10-20-16)27(25,26)23-7-1-2-8-23/h3-6,9-10H,1-2,7-8,11H2,(H,20,21)(H,22,24)/p+1. The fourth-order valence-corrected chi connectivity index (χ4v) is 4.20. The number of anilines is 2. The third kappa shape index (κ3) is 4.58. The lowest BCUT2D eigenvalue weighted by molar-refractivity contribution is -0.364. The molecule has 1 aliphatic heterocycles. The van der Waals surface area contributed by atoms with E-state index in [1.807, 2.05) is 0 Å². The largest absolute Gasteiger partial charge is 0.323 e. The molecule has 10 heteroatoms. The average Bonchev–Trinajstić information content (AvgIpc) is 3.19. The number of nitrogens with zero attached hydrogens (tertiary/aromatic N) is 1.